The van der Waals surface area contributed by atoms with Crippen molar-refractivity contribution >= 4 is 17.8 Å². The summed E-state index contributed by atoms with van der Waals surface area (Å²) in [4.78, 5) is 26.6. The molecule has 1 aliphatic rings. The molecule has 1 atom stereocenters. The Labute approximate surface area is 168 Å². The fourth-order valence-corrected chi connectivity index (χ4v) is 3.90. The topological polar surface area (TPSA) is 85.3 Å². The van der Waals surface area contributed by atoms with Gasteiger partial charge in [0.25, 0.3) is 5.91 Å². The van der Waals surface area contributed by atoms with Gasteiger partial charge >= 0.3 is 0 Å². The maximum Gasteiger partial charge on any atom is 0.255 e. The Kier molecular flexibility index (Phi) is 7.22. The Hall–Kier alpha value is -2.37. The number of amides is 2. The number of nitrogens with zero attached hydrogens (tertiary/aromatic N) is 1. The van der Waals surface area contributed by atoms with Gasteiger partial charge in [0.15, 0.2) is 5.96 Å². The third kappa shape index (κ3) is 5.12. The molecule has 0 bridgehead atoms. The highest BCUT2D eigenvalue weighted by Crippen LogP contribution is 2.26. The lowest BCUT2D eigenvalue weighted by molar-refractivity contribution is -0.131. The Bertz CT molecular complexity index is 727. The Balaban J connectivity index is 2.03. The second kappa shape index (κ2) is 9.22. The van der Waals surface area contributed by atoms with E-state index in [1.54, 1.807) is 0 Å². The summed E-state index contributed by atoms with van der Waals surface area (Å²) in [6.45, 7) is 10.9. The van der Waals surface area contributed by atoms with Crippen LogP contribution in [0.3, 0.4) is 0 Å². The fraction of sp³-hybridized carbons (Fsp3) is 0.591. The summed E-state index contributed by atoms with van der Waals surface area (Å²) in [6, 6.07) is 7.84. The van der Waals surface area contributed by atoms with E-state index in [1.165, 1.54) is 4.90 Å². The minimum absolute atomic E-state index is 0.0515. The molecule has 154 valence electrons. The molecule has 1 aromatic carbocycles. The van der Waals surface area contributed by atoms with Gasteiger partial charge in [-0.15, -0.1) is 0 Å². The van der Waals surface area contributed by atoms with Crippen molar-refractivity contribution in [2.75, 3.05) is 0 Å². The molecule has 2 rings (SSSR count). The summed E-state index contributed by atoms with van der Waals surface area (Å²) < 4.78 is 0. The minimum atomic E-state index is -0.716. The van der Waals surface area contributed by atoms with Crippen LogP contribution in [0.25, 0.3) is 0 Å². The average molecular weight is 387 g/mol. The van der Waals surface area contributed by atoms with Crippen LogP contribution in [0.1, 0.15) is 65.0 Å². The van der Waals surface area contributed by atoms with Crippen molar-refractivity contribution in [2.45, 2.75) is 72.5 Å². The maximum absolute atomic E-state index is 12.9. The van der Waals surface area contributed by atoms with E-state index < -0.39 is 5.54 Å². The number of nitrogens with one attached hydrogen (secondary N) is 3. The molecule has 1 unspecified atom stereocenters. The molecule has 2 amide bonds. The molecule has 0 saturated carbocycles. The highest BCUT2D eigenvalue weighted by molar-refractivity contribution is 6.07. The summed E-state index contributed by atoms with van der Waals surface area (Å²) in [5.74, 6) is 0.589. The third-order valence-electron chi connectivity index (χ3n) is 5.35. The summed E-state index contributed by atoms with van der Waals surface area (Å²) in [5.41, 5.74) is 1.22. The molecule has 1 aliphatic heterocycles. The largest absolute Gasteiger partial charge is 0.352 e. The van der Waals surface area contributed by atoms with Gasteiger partial charge in [0, 0.05) is 12.5 Å². The monoisotopic (exact) mass is 386 g/mol. The molecule has 1 aromatic rings. The van der Waals surface area contributed by atoms with Gasteiger partial charge in [0.2, 0.25) is 5.91 Å². The fourth-order valence-electron chi connectivity index (χ4n) is 3.90. The SMILES string of the molecule is CCC(CC)C(=O)NCc1cccc(CN2C(=N)NC(C)(CC(C)C)C2=O)c1. The van der Waals surface area contributed by atoms with E-state index in [9.17, 15) is 9.59 Å². The van der Waals surface area contributed by atoms with Gasteiger partial charge in [-0.2, -0.15) is 0 Å². The Morgan fingerprint density at radius 1 is 1.25 bits per heavy atom. The molecule has 28 heavy (non-hydrogen) atoms. The van der Waals surface area contributed by atoms with Crippen molar-refractivity contribution in [1.82, 2.24) is 15.5 Å². The van der Waals surface area contributed by atoms with E-state index in [1.807, 2.05) is 45.0 Å². The minimum Gasteiger partial charge on any atom is -0.352 e. The van der Waals surface area contributed by atoms with Crippen LogP contribution in [0.5, 0.6) is 0 Å². The molecule has 0 spiro atoms. The van der Waals surface area contributed by atoms with Crippen molar-refractivity contribution in [2.24, 2.45) is 11.8 Å². The molecular weight excluding hydrogens is 352 g/mol. The van der Waals surface area contributed by atoms with Crippen molar-refractivity contribution in [3.05, 3.63) is 35.4 Å². The predicted octanol–water partition coefficient (Wildman–Crippen LogP) is 3.41. The number of carbonyl (C=O) groups excluding carboxylic acids is 2. The first kappa shape index (κ1) is 21.9. The standard InChI is InChI=1S/C22H34N4O2/c1-6-18(7-2)19(27)24-13-16-9-8-10-17(11-16)14-26-20(28)22(5,12-15(3)4)25-21(26)23/h8-11,15,18H,6-7,12-14H2,1-5H3,(H2,23,25)(H,24,27). The third-order valence-corrected chi connectivity index (χ3v) is 5.35. The lowest BCUT2D eigenvalue weighted by Gasteiger charge is -2.24. The molecule has 6 heteroatoms. The number of guanidine groups is 1. The first-order valence-electron chi connectivity index (χ1n) is 10.2. The van der Waals surface area contributed by atoms with Gasteiger partial charge < -0.3 is 10.6 Å². The van der Waals surface area contributed by atoms with Gasteiger partial charge in [-0.1, -0.05) is 52.0 Å². The lowest BCUT2D eigenvalue weighted by Crippen LogP contribution is -2.44. The zero-order chi connectivity index (χ0) is 20.9. The Morgan fingerprint density at radius 2 is 1.89 bits per heavy atom. The molecule has 0 radical (unpaired) electrons. The van der Waals surface area contributed by atoms with E-state index >= 15 is 0 Å². The van der Waals surface area contributed by atoms with Gasteiger partial charge in [-0.3, -0.25) is 19.9 Å². The highest BCUT2D eigenvalue weighted by atomic mass is 16.2. The lowest BCUT2D eigenvalue weighted by atomic mass is 9.91. The predicted molar refractivity (Wildman–Crippen MR) is 112 cm³/mol. The van der Waals surface area contributed by atoms with Gasteiger partial charge in [0.1, 0.15) is 5.54 Å². The molecule has 0 aliphatic carbocycles. The van der Waals surface area contributed by atoms with E-state index in [0.717, 1.165) is 24.0 Å². The van der Waals surface area contributed by atoms with E-state index in [4.69, 9.17) is 5.41 Å². The maximum atomic E-state index is 12.9. The summed E-state index contributed by atoms with van der Waals surface area (Å²) >= 11 is 0. The highest BCUT2D eigenvalue weighted by Gasteiger charge is 2.45. The summed E-state index contributed by atoms with van der Waals surface area (Å²) in [5, 5.41) is 14.3. The summed E-state index contributed by atoms with van der Waals surface area (Å²) in [6.07, 6.45) is 2.36. The first-order valence-corrected chi connectivity index (χ1v) is 10.2. The van der Waals surface area contributed by atoms with Crippen LogP contribution in [0.4, 0.5) is 0 Å². The second-order valence-electron chi connectivity index (χ2n) is 8.35. The van der Waals surface area contributed by atoms with Gasteiger partial charge in [-0.25, -0.2) is 0 Å². The Morgan fingerprint density at radius 3 is 2.50 bits per heavy atom. The molecule has 6 nitrogen and oxygen atoms in total. The number of benzene rings is 1. The average Bonchev–Trinajstić information content (AvgIpc) is 2.83. The molecule has 1 saturated heterocycles. The zero-order valence-corrected chi connectivity index (χ0v) is 17.8. The van der Waals surface area contributed by atoms with Crippen LogP contribution in [0.2, 0.25) is 0 Å². The van der Waals surface area contributed by atoms with Crippen LogP contribution in [-0.4, -0.2) is 28.2 Å². The number of hydrogen-bond acceptors (Lipinski definition) is 3. The van der Waals surface area contributed by atoms with Crippen molar-refractivity contribution < 1.29 is 9.59 Å². The van der Waals surface area contributed by atoms with Crippen molar-refractivity contribution in [1.29, 1.82) is 5.41 Å². The van der Waals surface area contributed by atoms with Crippen LogP contribution in [0, 0.1) is 17.2 Å². The van der Waals surface area contributed by atoms with Crippen molar-refractivity contribution in [3.8, 4) is 0 Å². The van der Waals surface area contributed by atoms with Crippen LogP contribution in [0.15, 0.2) is 24.3 Å². The molecule has 3 N–H and O–H groups in total. The molecule has 1 heterocycles. The molecule has 1 fully saturated rings. The van der Waals surface area contributed by atoms with Crippen LogP contribution >= 0.6 is 0 Å². The number of hydrogen-bond donors (Lipinski definition) is 3. The summed E-state index contributed by atoms with van der Waals surface area (Å²) in [7, 11) is 0. The second-order valence-corrected chi connectivity index (χ2v) is 8.35. The molecule has 0 aromatic heterocycles. The zero-order valence-electron chi connectivity index (χ0n) is 17.8. The van der Waals surface area contributed by atoms with Gasteiger partial charge in [-0.05, 0) is 43.2 Å². The smallest absolute Gasteiger partial charge is 0.255 e. The number of rotatable bonds is 9. The molecular formula is C22H34N4O2. The van der Waals surface area contributed by atoms with Crippen LogP contribution in [-0.2, 0) is 22.7 Å². The normalized spacial score (nSPS) is 19.5. The first-order chi connectivity index (χ1) is 13.2. The van der Waals surface area contributed by atoms with Crippen molar-refractivity contribution in [3.63, 3.8) is 0 Å². The van der Waals surface area contributed by atoms with Gasteiger partial charge in [0.05, 0.1) is 6.54 Å². The number of carbonyl (C=O) groups is 2. The van der Waals surface area contributed by atoms with E-state index in [0.29, 0.717) is 25.4 Å². The van der Waals surface area contributed by atoms with Crippen LogP contribution < -0.4 is 10.6 Å². The van der Waals surface area contributed by atoms with E-state index in [2.05, 4.69) is 24.5 Å². The quantitative estimate of drug-likeness (QED) is 0.608. The van der Waals surface area contributed by atoms with E-state index in [-0.39, 0.29) is 23.7 Å².